The molecule has 0 bridgehead atoms. The normalized spacial score (nSPS) is 23.0. The highest BCUT2D eigenvalue weighted by atomic mass is 16.5. The molecule has 1 saturated heterocycles. The first-order chi connectivity index (χ1) is 19.2. The molecule has 11 nitrogen and oxygen atoms in total. The minimum absolute atomic E-state index is 0.0406. The molecule has 2 fully saturated rings. The summed E-state index contributed by atoms with van der Waals surface area (Å²) in [6.07, 6.45) is 2.42. The topological polar surface area (TPSA) is 154 Å². The fourth-order valence-corrected chi connectivity index (χ4v) is 6.55. The van der Waals surface area contributed by atoms with Gasteiger partial charge in [0.2, 0.25) is 11.8 Å². The van der Waals surface area contributed by atoms with Gasteiger partial charge in [0.15, 0.2) is 0 Å². The van der Waals surface area contributed by atoms with Crippen molar-refractivity contribution in [2.45, 2.75) is 43.6 Å². The molecule has 2 aliphatic rings. The third-order valence-corrected chi connectivity index (χ3v) is 8.70. The van der Waals surface area contributed by atoms with Crippen molar-refractivity contribution in [2.24, 2.45) is 18.7 Å². The number of aromatic nitrogens is 1. The van der Waals surface area contributed by atoms with Gasteiger partial charge in [-0.05, 0) is 25.3 Å². The number of benzene rings is 1. The zero-order chi connectivity index (χ0) is 28.9. The van der Waals surface area contributed by atoms with Crippen molar-refractivity contribution in [1.29, 1.82) is 5.26 Å². The lowest BCUT2D eigenvalue weighted by Crippen LogP contribution is -2.56. The van der Waals surface area contributed by atoms with Crippen molar-refractivity contribution < 1.29 is 24.2 Å². The van der Waals surface area contributed by atoms with E-state index in [0.717, 1.165) is 32.7 Å². The van der Waals surface area contributed by atoms with Gasteiger partial charge in [-0.2, -0.15) is 5.26 Å². The average Bonchev–Trinajstić information content (AvgIpc) is 3.27. The molecular formula is C29H40N6O5. The van der Waals surface area contributed by atoms with E-state index in [4.69, 9.17) is 10.5 Å². The number of carboxylic acids is 1. The van der Waals surface area contributed by atoms with E-state index in [2.05, 4.69) is 21.2 Å². The first-order valence-electron chi connectivity index (χ1n) is 14.0. The molecule has 4 rings (SSSR count). The summed E-state index contributed by atoms with van der Waals surface area (Å²) < 4.78 is 6.71. The summed E-state index contributed by atoms with van der Waals surface area (Å²) in [7, 11) is 3.34. The maximum absolute atomic E-state index is 13.8. The fraction of sp³-hybridized carbons (Fsp3) is 0.586. The van der Waals surface area contributed by atoms with Crippen LogP contribution in [-0.2, 0) is 26.8 Å². The van der Waals surface area contributed by atoms with E-state index in [-0.39, 0.29) is 12.1 Å². The first kappa shape index (κ1) is 29.5. The number of nitrogens with zero attached hydrogens (tertiary/aromatic N) is 4. The predicted molar refractivity (Wildman–Crippen MR) is 150 cm³/mol. The summed E-state index contributed by atoms with van der Waals surface area (Å²) in [5.41, 5.74) is 5.49. The van der Waals surface area contributed by atoms with Crippen LogP contribution in [0.3, 0.4) is 0 Å². The lowest BCUT2D eigenvalue weighted by Gasteiger charge is -2.41. The van der Waals surface area contributed by atoms with Gasteiger partial charge in [0.1, 0.15) is 11.7 Å². The molecule has 1 aromatic heterocycles. The van der Waals surface area contributed by atoms with Crippen LogP contribution in [0.2, 0.25) is 0 Å². The van der Waals surface area contributed by atoms with Gasteiger partial charge in [-0.3, -0.25) is 14.5 Å². The number of nitrogens with one attached hydrogen (secondary N) is 1. The molecule has 11 heteroatoms. The van der Waals surface area contributed by atoms with Crippen LogP contribution in [0.15, 0.2) is 24.3 Å². The van der Waals surface area contributed by atoms with Crippen molar-refractivity contribution in [3.8, 4) is 6.07 Å². The summed E-state index contributed by atoms with van der Waals surface area (Å²) in [5.74, 6) is -3.22. The van der Waals surface area contributed by atoms with Crippen LogP contribution in [0.1, 0.15) is 48.2 Å². The second-order valence-electron chi connectivity index (χ2n) is 10.9. The predicted octanol–water partition coefficient (Wildman–Crippen LogP) is 1.45. The summed E-state index contributed by atoms with van der Waals surface area (Å²) in [5, 5.41) is 23.6. The fourth-order valence-electron chi connectivity index (χ4n) is 6.55. The Balaban J connectivity index is 1.56. The quantitative estimate of drug-likeness (QED) is 0.379. The Bertz CT molecular complexity index is 1280. The lowest BCUT2D eigenvalue weighted by atomic mass is 9.60. The molecule has 1 saturated carbocycles. The number of ether oxygens (including phenoxy) is 1. The minimum atomic E-state index is -1.50. The second-order valence-corrected chi connectivity index (χ2v) is 10.9. The number of aryl methyl sites for hydroxylation is 1. The van der Waals surface area contributed by atoms with Gasteiger partial charge in [-0.1, -0.05) is 31.0 Å². The van der Waals surface area contributed by atoms with Crippen LogP contribution in [0.5, 0.6) is 0 Å². The number of carbonyl (C=O) groups is 3. The van der Waals surface area contributed by atoms with E-state index >= 15 is 0 Å². The zero-order valence-corrected chi connectivity index (χ0v) is 23.4. The van der Waals surface area contributed by atoms with Gasteiger partial charge in [0, 0.05) is 69.9 Å². The number of hydrogen-bond donors (Lipinski definition) is 3. The Kier molecular flexibility index (Phi) is 9.45. The van der Waals surface area contributed by atoms with E-state index in [0.29, 0.717) is 55.3 Å². The highest BCUT2D eigenvalue weighted by Gasteiger charge is 2.54. The van der Waals surface area contributed by atoms with Gasteiger partial charge in [0.25, 0.3) is 0 Å². The SMILES string of the molecule is COCCN1CCN(CC[C@@H](C#N)NC(=O)[C@@H]2CCCC[C@@]2(C(N)=O)c2c(C(=O)O)n(C)c3ccccc23)CC1. The second kappa shape index (κ2) is 12.8. The molecule has 3 atom stereocenters. The van der Waals surface area contributed by atoms with E-state index in [9.17, 15) is 24.8 Å². The Labute approximate surface area is 234 Å². The molecule has 2 aromatic rings. The molecule has 2 heterocycles. The number of fused-ring (bicyclic) bond motifs is 1. The molecule has 1 aromatic carbocycles. The third-order valence-electron chi connectivity index (χ3n) is 8.70. The van der Waals surface area contributed by atoms with Crippen LogP contribution in [0.25, 0.3) is 10.9 Å². The Morgan fingerprint density at radius 3 is 2.48 bits per heavy atom. The highest BCUT2D eigenvalue weighted by Crippen LogP contribution is 2.48. The molecular weight excluding hydrogens is 512 g/mol. The monoisotopic (exact) mass is 552 g/mol. The maximum atomic E-state index is 13.8. The lowest BCUT2D eigenvalue weighted by molar-refractivity contribution is -0.137. The van der Waals surface area contributed by atoms with Crippen molar-refractivity contribution in [2.75, 3.05) is 53.0 Å². The zero-order valence-electron chi connectivity index (χ0n) is 23.4. The largest absolute Gasteiger partial charge is 0.477 e. The Hall–Kier alpha value is -3.46. The molecule has 0 spiro atoms. The van der Waals surface area contributed by atoms with Crippen molar-refractivity contribution in [3.63, 3.8) is 0 Å². The summed E-state index contributed by atoms with van der Waals surface area (Å²) in [4.78, 5) is 44.3. The third kappa shape index (κ3) is 5.70. The number of aromatic carboxylic acids is 1. The van der Waals surface area contributed by atoms with Gasteiger partial charge >= 0.3 is 5.97 Å². The molecule has 1 aliphatic carbocycles. The molecule has 40 heavy (non-hydrogen) atoms. The summed E-state index contributed by atoms with van der Waals surface area (Å²) in [6.45, 7) is 5.85. The molecule has 2 amide bonds. The van der Waals surface area contributed by atoms with E-state index < -0.39 is 35.2 Å². The molecule has 0 radical (unpaired) electrons. The maximum Gasteiger partial charge on any atom is 0.352 e. The molecule has 1 aliphatic heterocycles. The smallest absolute Gasteiger partial charge is 0.352 e. The standard InChI is InChI=1S/C29H40N6O5/c1-33-23-9-4-3-7-21(23)24(25(33)27(37)38)29(28(31)39)11-6-5-8-22(29)26(36)32-20(19-30)10-12-34-13-15-35(16-14-34)17-18-40-2/h3-4,7,9,20,22H,5-6,8,10-18H2,1-2H3,(H2,31,39)(H,32,36)(H,37,38)/t20-,22-,29-/m0/s1. The van der Waals surface area contributed by atoms with Crippen LogP contribution in [-0.4, -0.2) is 96.3 Å². The van der Waals surface area contributed by atoms with Gasteiger partial charge in [0.05, 0.1) is 24.0 Å². The Morgan fingerprint density at radius 1 is 1.18 bits per heavy atom. The van der Waals surface area contributed by atoms with Gasteiger partial charge in [-0.25, -0.2) is 4.79 Å². The van der Waals surface area contributed by atoms with Crippen LogP contribution in [0.4, 0.5) is 0 Å². The number of methoxy groups -OCH3 is 1. The van der Waals surface area contributed by atoms with Crippen molar-refractivity contribution >= 4 is 28.7 Å². The summed E-state index contributed by atoms with van der Waals surface area (Å²) in [6, 6.07) is 8.63. The number of para-hydroxylation sites is 1. The minimum Gasteiger partial charge on any atom is -0.477 e. The number of nitrogens with two attached hydrogens (primary N) is 1. The number of amides is 2. The number of piperazine rings is 1. The molecule has 4 N–H and O–H groups in total. The molecule has 216 valence electrons. The van der Waals surface area contributed by atoms with Crippen molar-refractivity contribution in [1.82, 2.24) is 19.7 Å². The van der Waals surface area contributed by atoms with E-state index in [1.165, 1.54) is 0 Å². The average molecular weight is 553 g/mol. The number of primary amides is 1. The van der Waals surface area contributed by atoms with Gasteiger partial charge < -0.3 is 30.4 Å². The van der Waals surface area contributed by atoms with Gasteiger partial charge in [-0.15, -0.1) is 0 Å². The Morgan fingerprint density at radius 2 is 1.85 bits per heavy atom. The van der Waals surface area contributed by atoms with Crippen molar-refractivity contribution in [3.05, 3.63) is 35.5 Å². The molecule has 0 unspecified atom stereocenters. The number of carbonyl (C=O) groups excluding carboxylic acids is 2. The summed E-state index contributed by atoms with van der Waals surface area (Å²) >= 11 is 0. The van der Waals surface area contributed by atoms with Crippen LogP contribution >= 0.6 is 0 Å². The number of nitriles is 1. The van der Waals surface area contributed by atoms with E-state index in [1.807, 2.05) is 0 Å². The number of rotatable bonds is 11. The van der Waals surface area contributed by atoms with Crippen LogP contribution < -0.4 is 11.1 Å². The number of hydrogen-bond acceptors (Lipinski definition) is 7. The first-order valence-corrected chi connectivity index (χ1v) is 14.0. The van der Waals surface area contributed by atoms with E-state index in [1.54, 1.807) is 43.0 Å². The number of carboxylic acid groups (broad SMARTS) is 1. The highest BCUT2D eigenvalue weighted by molar-refractivity contribution is 6.06. The van der Waals surface area contributed by atoms with Crippen LogP contribution in [0, 0.1) is 17.2 Å².